The average molecular weight is 401 g/mol. The third-order valence-corrected chi connectivity index (χ3v) is 9.88. The van der Waals surface area contributed by atoms with E-state index in [2.05, 4.69) is 32.9 Å². The molecule has 29 heavy (non-hydrogen) atoms. The highest BCUT2D eigenvalue weighted by Crippen LogP contribution is 2.67. The van der Waals surface area contributed by atoms with Gasteiger partial charge in [-0.2, -0.15) is 0 Å². The lowest BCUT2D eigenvalue weighted by Crippen LogP contribution is -2.51. The molecule has 0 aromatic heterocycles. The van der Waals surface area contributed by atoms with Crippen LogP contribution in [0, 0.1) is 28.6 Å². The smallest absolute Gasteiger partial charge is 0.172 e. The monoisotopic (exact) mass is 400 g/mol. The van der Waals surface area contributed by atoms with Crippen molar-refractivity contribution in [3.8, 4) is 0 Å². The van der Waals surface area contributed by atoms with Crippen LogP contribution in [0.3, 0.4) is 0 Å². The molecule has 0 bridgehead atoms. The Bertz CT molecular complexity index is 757. The summed E-state index contributed by atoms with van der Waals surface area (Å²) in [5.74, 6) is 1.13. The molecule has 5 atom stereocenters. The molecule has 5 unspecified atom stereocenters. The topological polar surface area (TPSA) is 36.9 Å². The van der Waals surface area contributed by atoms with E-state index in [9.17, 15) is 0 Å². The largest absolute Gasteiger partial charge is 0.348 e. The summed E-state index contributed by atoms with van der Waals surface area (Å²) < 4.78 is 24.4. The first-order chi connectivity index (χ1) is 13.9. The first-order valence-electron chi connectivity index (χ1n) is 11.9. The predicted molar refractivity (Wildman–Crippen MR) is 110 cm³/mol. The molecule has 0 radical (unpaired) electrons. The van der Waals surface area contributed by atoms with Crippen LogP contribution >= 0.6 is 0 Å². The highest BCUT2D eigenvalue weighted by atomic mass is 16.7. The van der Waals surface area contributed by atoms with Gasteiger partial charge in [0.2, 0.25) is 0 Å². The van der Waals surface area contributed by atoms with E-state index in [0.29, 0.717) is 17.8 Å². The Morgan fingerprint density at radius 1 is 0.759 bits per heavy atom. The van der Waals surface area contributed by atoms with Gasteiger partial charge in [0.1, 0.15) is 0 Å². The summed E-state index contributed by atoms with van der Waals surface area (Å²) in [4.78, 5) is 0. The van der Waals surface area contributed by atoms with Crippen molar-refractivity contribution >= 4 is 0 Å². The molecule has 3 saturated carbocycles. The van der Waals surface area contributed by atoms with Crippen LogP contribution in [0.25, 0.3) is 0 Å². The lowest BCUT2D eigenvalue weighted by Gasteiger charge is -2.56. The maximum absolute atomic E-state index is 6.15. The molecule has 2 heterocycles. The van der Waals surface area contributed by atoms with E-state index in [1.807, 2.05) is 0 Å². The van der Waals surface area contributed by atoms with E-state index in [0.717, 1.165) is 39.3 Å². The number of hydrogen-bond donors (Lipinski definition) is 0. The minimum Gasteiger partial charge on any atom is -0.348 e. The Kier molecular flexibility index (Phi) is 4.06. The van der Waals surface area contributed by atoms with Gasteiger partial charge in [0.05, 0.1) is 26.4 Å². The lowest BCUT2D eigenvalue weighted by atomic mass is 9.50. The number of allylic oxidation sites excluding steroid dienone is 3. The molecule has 0 amide bonds. The van der Waals surface area contributed by atoms with Crippen molar-refractivity contribution in [2.75, 3.05) is 26.4 Å². The molecule has 6 rings (SSSR count). The van der Waals surface area contributed by atoms with Crippen LogP contribution in [0.5, 0.6) is 0 Å². The molecule has 2 saturated heterocycles. The second-order valence-corrected chi connectivity index (χ2v) is 11.1. The van der Waals surface area contributed by atoms with Gasteiger partial charge in [-0.05, 0) is 61.7 Å². The van der Waals surface area contributed by atoms with E-state index in [4.69, 9.17) is 18.9 Å². The van der Waals surface area contributed by atoms with Gasteiger partial charge in [0.25, 0.3) is 0 Å². The zero-order valence-corrected chi connectivity index (χ0v) is 18.3. The van der Waals surface area contributed by atoms with Crippen LogP contribution in [0.4, 0.5) is 0 Å². The second-order valence-electron chi connectivity index (χ2n) is 11.1. The van der Waals surface area contributed by atoms with E-state index < -0.39 is 0 Å². The summed E-state index contributed by atoms with van der Waals surface area (Å²) in [6.07, 6.45) is 13.2. The fourth-order valence-corrected chi connectivity index (χ4v) is 8.29. The Balaban J connectivity index is 1.33. The van der Waals surface area contributed by atoms with Crippen LogP contribution < -0.4 is 0 Å². The average Bonchev–Trinajstić information content (AvgIpc) is 3.42. The molecule has 6 aliphatic rings. The van der Waals surface area contributed by atoms with E-state index >= 15 is 0 Å². The number of ether oxygens (including phenoxy) is 4. The van der Waals surface area contributed by atoms with E-state index in [1.165, 1.54) is 32.1 Å². The Morgan fingerprint density at radius 3 is 2.24 bits per heavy atom. The predicted octanol–water partition coefficient (Wildman–Crippen LogP) is 4.99. The fraction of sp³-hybridized carbons (Fsp3) is 0.840. The Labute approximate surface area is 175 Å². The zero-order valence-electron chi connectivity index (χ0n) is 18.3. The van der Waals surface area contributed by atoms with Crippen LogP contribution in [0.2, 0.25) is 0 Å². The highest BCUT2D eigenvalue weighted by Gasteiger charge is 2.62. The number of hydrogen-bond acceptors (Lipinski definition) is 4. The molecule has 5 fully saturated rings. The maximum Gasteiger partial charge on any atom is 0.172 e. The van der Waals surface area contributed by atoms with Gasteiger partial charge in [-0.1, -0.05) is 37.1 Å². The van der Waals surface area contributed by atoms with Crippen molar-refractivity contribution in [2.24, 2.45) is 28.6 Å². The van der Waals surface area contributed by atoms with Crippen LogP contribution in [-0.4, -0.2) is 38.0 Å². The van der Waals surface area contributed by atoms with Crippen molar-refractivity contribution in [1.29, 1.82) is 0 Å². The minimum atomic E-state index is -0.384. The quantitative estimate of drug-likeness (QED) is 0.621. The van der Waals surface area contributed by atoms with Gasteiger partial charge < -0.3 is 18.9 Å². The fourth-order valence-electron chi connectivity index (χ4n) is 8.29. The molecular weight excluding hydrogens is 364 g/mol. The molecule has 4 aliphatic carbocycles. The summed E-state index contributed by atoms with van der Waals surface area (Å²) >= 11 is 0. The van der Waals surface area contributed by atoms with Gasteiger partial charge in [-0.15, -0.1) is 0 Å². The van der Waals surface area contributed by atoms with Crippen LogP contribution in [0.1, 0.15) is 65.7 Å². The third-order valence-electron chi connectivity index (χ3n) is 9.88. The van der Waals surface area contributed by atoms with Crippen molar-refractivity contribution in [1.82, 2.24) is 0 Å². The standard InChI is InChI=1S/C25H36O4/c1-22-10-11-25(28-14-15-29-25)16-17(22)4-5-18-19-6-7-21(24(3)26-12-13-27-24)23(19,2)9-8-20(18)22/h4-5,19-21H,6-16H2,1-3H3. The SMILES string of the molecule is CC1(C2CCC3C4=CC=C5CC6(CCC5(C)C4CCC32C)OCCO6)OCCO1. The molecule has 0 N–H and O–H groups in total. The van der Waals surface area contributed by atoms with Gasteiger partial charge in [0.15, 0.2) is 11.6 Å². The van der Waals surface area contributed by atoms with E-state index in [1.54, 1.807) is 11.1 Å². The van der Waals surface area contributed by atoms with Crippen molar-refractivity contribution in [3.63, 3.8) is 0 Å². The normalized spacial score (nSPS) is 47.3. The third kappa shape index (κ3) is 2.52. The summed E-state index contributed by atoms with van der Waals surface area (Å²) in [6, 6.07) is 0. The molecule has 4 nitrogen and oxygen atoms in total. The van der Waals surface area contributed by atoms with Gasteiger partial charge in [0, 0.05) is 18.8 Å². The summed E-state index contributed by atoms with van der Waals surface area (Å²) in [5.41, 5.74) is 3.84. The van der Waals surface area contributed by atoms with Crippen molar-refractivity contribution in [2.45, 2.75) is 77.3 Å². The first kappa shape index (κ1) is 19.0. The first-order valence-corrected chi connectivity index (χ1v) is 11.9. The lowest BCUT2D eigenvalue weighted by molar-refractivity contribution is -0.208. The van der Waals surface area contributed by atoms with Crippen molar-refractivity contribution in [3.05, 3.63) is 23.3 Å². The summed E-state index contributed by atoms with van der Waals surface area (Å²) in [7, 11) is 0. The zero-order chi connectivity index (χ0) is 19.9. The second kappa shape index (κ2) is 6.18. The van der Waals surface area contributed by atoms with Crippen LogP contribution in [0.15, 0.2) is 23.3 Å². The Hall–Kier alpha value is -0.680. The molecule has 4 heteroatoms. The van der Waals surface area contributed by atoms with Gasteiger partial charge in [-0.3, -0.25) is 0 Å². The maximum atomic E-state index is 6.15. The number of rotatable bonds is 1. The molecule has 0 aromatic carbocycles. The molecule has 0 aromatic rings. The van der Waals surface area contributed by atoms with Crippen LogP contribution in [-0.2, 0) is 18.9 Å². The number of fused-ring (bicyclic) bond motifs is 5. The molecule has 2 aliphatic heterocycles. The molecular formula is C25H36O4. The Morgan fingerprint density at radius 2 is 1.48 bits per heavy atom. The summed E-state index contributed by atoms with van der Waals surface area (Å²) in [5, 5.41) is 0. The van der Waals surface area contributed by atoms with Gasteiger partial charge in [-0.25, -0.2) is 0 Å². The van der Waals surface area contributed by atoms with E-state index in [-0.39, 0.29) is 22.4 Å². The van der Waals surface area contributed by atoms with Gasteiger partial charge >= 0.3 is 0 Å². The van der Waals surface area contributed by atoms with Crippen molar-refractivity contribution < 1.29 is 18.9 Å². The molecule has 1 spiro atoms. The minimum absolute atomic E-state index is 0.272. The highest BCUT2D eigenvalue weighted by molar-refractivity contribution is 5.39. The molecule has 160 valence electrons. The summed E-state index contributed by atoms with van der Waals surface area (Å²) in [6.45, 7) is 10.2.